The van der Waals surface area contributed by atoms with Gasteiger partial charge in [0, 0.05) is 23.3 Å². The first kappa shape index (κ1) is 19.7. The topological polar surface area (TPSA) is 49.3 Å². The lowest BCUT2D eigenvalue weighted by Crippen LogP contribution is -2.38. The van der Waals surface area contributed by atoms with E-state index in [-0.39, 0.29) is 6.04 Å². The van der Waals surface area contributed by atoms with Gasteiger partial charge in [0.2, 0.25) is 0 Å². The summed E-state index contributed by atoms with van der Waals surface area (Å²) in [6, 6.07) is 24.5. The highest BCUT2D eigenvalue weighted by Gasteiger charge is 2.30. The molecule has 1 fully saturated rings. The van der Waals surface area contributed by atoms with Gasteiger partial charge in [0.05, 0.1) is 17.3 Å². The molecule has 2 aromatic carbocycles. The molecule has 1 unspecified atom stereocenters. The number of aromatic hydroxyl groups is 1. The van der Waals surface area contributed by atoms with Crippen LogP contribution in [0.1, 0.15) is 35.7 Å². The molecule has 4 heteroatoms. The van der Waals surface area contributed by atoms with Crippen molar-refractivity contribution in [3.63, 3.8) is 0 Å². The molecule has 0 bridgehead atoms. The molecule has 0 saturated carbocycles. The monoisotopic (exact) mass is 409 g/mol. The normalized spacial score (nSPS) is 16.4. The Morgan fingerprint density at radius 3 is 2.42 bits per heavy atom. The van der Waals surface area contributed by atoms with Crippen molar-refractivity contribution < 1.29 is 5.11 Å². The Kier molecular flexibility index (Phi) is 5.63. The van der Waals surface area contributed by atoms with Gasteiger partial charge in [-0.3, -0.25) is 14.9 Å². The van der Waals surface area contributed by atoms with Gasteiger partial charge in [0.15, 0.2) is 0 Å². The summed E-state index contributed by atoms with van der Waals surface area (Å²) in [6.07, 6.45) is 7.05. The van der Waals surface area contributed by atoms with E-state index in [2.05, 4.69) is 51.3 Å². The molecular formula is C27H27N3O. The summed E-state index contributed by atoms with van der Waals surface area (Å²) in [5.41, 5.74) is 4.16. The second-order valence-electron chi connectivity index (χ2n) is 8.43. The molecule has 31 heavy (non-hydrogen) atoms. The minimum absolute atomic E-state index is 0.0784. The lowest BCUT2D eigenvalue weighted by atomic mass is 9.88. The van der Waals surface area contributed by atoms with Gasteiger partial charge in [-0.2, -0.15) is 0 Å². The fourth-order valence-electron chi connectivity index (χ4n) is 4.79. The maximum Gasteiger partial charge on any atom is 0.121 e. The number of hydrogen-bond donors (Lipinski definition) is 1. The minimum atomic E-state index is -0.0784. The van der Waals surface area contributed by atoms with Crippen LogP contribution in [0.15, 0.2) is 85.2 Å². The molecule has 2 aromatic heterocycles. The van der Waals surface area contributed by atoms with Gasteiger partial charge in [-0.05, 0) is 74.2 Å². The van der Waals surface area contributed by atoms with Crippen LogP contribution in [0, 0.1) is 5.92 Å². The zero-order valence-electron chi connectivity index (χ0n) is 17.6. The summed E-state index contributed by atoms with van der Waals surface area (Å²) >= 11 is 0. The van der Waals surface area contributed by atoms with E-state index in [4.69, 9.17) is 0 Å². The largest absolute Gasteiger partial charge is 0.508 e. The molecule has 0 radical (unpaired) electrons. The van der Waals surface area contributed by atoms with Crippen LogP contribution in [0.3, 0.4) is 0 Å². The summed E-state index contributed by atoms with van der Waals surface area (Å²) in [5.74, 6) is 0.998. The molecule has 156 valence electrons. The van der Waals surface area contributed by atoms with Crippen LogP contribution in [0.25, 0.3) is 10.9 Å². The van der Waals surface area contributed by atoms with Crippen molar-refractivity contribution >= 4 is 10.9 Å². The van der Waals surface area contributed by atoms with E-state index >= 15 is 0 Å². The molecule has 4 nitrogen and oxygen atoms in total. The molecule has 1 saturated heterocycles. The number of nitrogens with zero attached hydrogens (tertiary/aromatic N) is 3. The van der Waals surface area contributed by atoms with Gasteiger partial charge < -0.3 is 5.11 Å². The second kappa shape index (κ2) is 8.86. The quantitative estimate of drug-likeness (QED) is 0.481. The Balaban J connectivity index is 1.43. The van der Waals surface area contributed by atoms with Gasteiger partial charge in [-0.15, -0.1) is 0 Å². The van der Waals surface area contributed by atoms with Crippen molar-refractivity contribution in [2.45, 2.75) is 25.3 Å². The number of likely N-dealkylation sites (tertiary alicyclic amines) is 1. The van der Waals surface area contributed by atoms with Crippen molar-refractivity contribution in [3.05, 3.63) is 102 Å². The average molecular weight is 410 g/mol. The van der Waals surface area contributed by atoms with Crippen LogP contribution in [-0.4, -0.2) is 33.1 Å². The summed E-state index contributed by atoms with van der Waals surface area (Å²) in [5, 5.41) is 11.9. The molecule has 1 atom stereocenters. The third kappa shape index (κ3) is 4.30. The van der Waals surface area contributed by atoms with Crippen LogP contribution in [0.4, 0.5) is 0 Å². The molecule has 0 amide bonds. The number of pyridine rings is 2. The SMILES string of the molecule is Oc1cc2cccnc2cc1C(c1ccccn1)N1CCC(Cc2ccccc2)CC1. The number of phenols is 1. The van der Waals surface area contributed by atoms with E-state index < -0.39 is 0 Å². The molecule has 3 heterocycles. The van der Waals surface area contributed by atoms with Crippen LogP contribution < -0.4 is 0 Å². The van der Waals surface area contributed by atoms with Crippen molar-refractivity contribution in [2.75, 3.05) is 13.1 Å². The average Bonchev–Trinajstić information content (AvgIpc) is 2.82. The van der Waals surface area contributed by atoms with E-state index in [0.717, 1.165) is 54.5 Å². The fraction of sp³-hybridized carbons (Fsp3) is 0.259. The zero-order valence-corrected chi connectivity index (χ0v) is 17.6. The Bertz CT molecular complexity index is 1140. The van der Waals surface area contributed by atoms with Crippen molar-refractivity contribution in [2.24, 2.45) is 5.92 Å². The number of aromatic nitrogens is 2. The number of phenolic OH excluding ortho intramolecular Hbond substituents is 1. The first-order chi connectivity index (χ1) is 15.3. The van der Waals surface area contributed by atoms with Crippen LogP contribution in [0.5, 0.6) is 5.75 Å². The van der Waals surface area contributed by atoms with Gasteiger partial charge >= 0.3 is 0 Å². The molecule has 1 aliphatic rings. The van der Waals surface area contributed by atoms with E-state index in [1.165, 1.54) is 5.56 Å². The Hall–Kier alpha value is -3.24. The van der Waals surface area contributed by atoms with Crippen LogP contribution >= 0.6 is 0 Å². The smallest absolute Gasteiger partial charge is 0.121 e. The highest BCUT2D eigenvalue weighted by molar-refractivity contribution is 5.81. The predicted octanol–water partition coefficient (Wildman–Crippen LogP) is 5.38. The maximum absolute atomic E-state index is 10.9. The summed E-state index contributed by atoms with van der Waals surface area (Å²) in [7, 11) is 0. The van der Waals surface area contributed by atoms with E-state index in [9.17, 15) is 5.11 Å². The Morgan fingerprint density at radius 1 is 0.871 bits per heavy atom. The first-order valence-electron chi connectivity index (χ1n) is 11.0. The number of fused-ring (bicyclic) bond motifs is 1. The molecule has 0 aliphatic carbocycles. The summed E-state index contributed by atoms with van der Waals surface area (Å²) in [6.45, 7) is 1.97. The van der Waals surface area contributed by atoms with Crippen molar-refractivity contribution in [3.8, 4) is 5.75 Å². The highest BCUT2D eigenvalue weighted by atomic mass is 16.3. The van der Waals surface area contributed by atoms with Crippen LogP contribution in [-0.2, 0) is 6.42 Å². The van der Waals surface area contributed by atoms with Crippen molar-refractivity contribution in [1.82, 2.24) is 14.9 Å². The Labute approximate surface area is 183 Å². The number of benzene rings is 2. The fourth-order valence-corrected chi connectivity index (χ4v) is 4.79. The third-order valence-electron chi connectivity index (χ3n) is 6.40. The first-order valence-corrected chi connectivity index (χ1v) is 11.0. The van der Waals surface area contributed by atoms with E-state index in [1.54, 1.807) is 6.20 Å². The minimum Gasteiger partial charge on any atom is -0.508 e. The molecule has 1 N–H and O–H groups in total. The molecule has 0 spiro atoms. The summed E-state index contributed by atoms with van der Waals surface area (Å²) in [4.78, 5) is 11.6. The van der Waals surface area contributed by atoms with E-state index in [1.807, 2.05) is 42.6 Å². The number of hydrogen-bond acceptors (Lipinski definition) is 4. The maximum atomic E-state index is 10.9. The standard InChI is InChI=1S/C27H27N3O/c31-26-18-22-9-6-14-29-25(22)19-23(26)27(24-10-4-5-13-28-24)30-15-11-21(12-16-30)17-20-7-2-1-3-8-20/h1-10,13-14,18-19,21,27,31H,11-12,15-17H2. The third-order valence-corrected chi connectivity index (χ3v) is 6.40. The van der Waals surface area contributed by atoms with Crippen molar-refractivity contribution in [1.29, 1.82) is 0 Å². The number of piperidine rings is 1. The number of rotatable bonds is 5. The lowest BCUT2D eigenvalue weighted by Gasteiger charge is -2.38. The van der Waals surface area contributed by atoms with Gasteiger partial charge in [-0.1, -0.05) is 42.5 Å². The molecule has 5 rings (SSSR count). The van der Waals surface area contributed by atoms with Gasteiger partial charge in [0.1, 0.15) is 5.75 Å². The van der Waals surface area contributed by atoms with Gasteiger partial charge in [0.25, 0.3) is 0 Å². The van der Waals surface area contributed by atoms with Crippen LogP contribution in [0.2, 0.25) is 0 Å². The molecule has 4 aromatic rings. The molecule has 1 aliphatic heterocycles. The lowest BCUT2D eigenvalue weighted by molar-refractivity contribution is 0.147. The zero-order chi connectivity index (χ0) is 21.0. The second-order valence-corrected chi connectivity index (χ2v) is 8.43. The highest BCUT2D eigenvalue weighted by Crippen LogP contribution is 2.38. The predicted molar refractivity (Wildman–Crippen MR) is 124 cm³/mol. The van der Waals surface area contributed by atoms with Gasteiger partial charge in [-0.25, -0.2) is 0 Å². The molecular weight excluding hydrogens is 382 g/mol. The Morgan fingerprint density at radius 2 is 1.65 bits per heavy atom. The van der Waals surface area contributed by atoms with E-state index in [0.29, 0.717) is 11.7 Å². The summed E-state index contributed by atoms with van der Waals surface area (Å²) < 4.78 is 0.